The van der Waals surface area contributed by atoms with Gasteiger partial charge >= 0.3 is 0 Å². The summed E-state index contributed by atoms with van der Waals surface area (Å²) in [5, 5.41) is 10.8. The molecule has 0 unspecified atom stereocenters. The molecule has 4 heteroatoms. The Balaban J connectivity index is 1.24. The SMILES string of the molecule is c1ccc(-c2nc(-n3c4ccccc4c4c5ccccc5c(-c5cc6c(c7ccccc57)c5ccccc5n6-c5ccccc5)cc43)nc3ccccc23)cc1. The van der Waals surface area contributed by atoms with Crippen LogP contribution in [0, 0.1) is 0 Å². The van der Waals surface area contributed by atoms with Crippen molar-refractivity contribution in [3.63, 3.8) is 0 Å². The number of benzene rings is 9. The fourth-order valence-corrected chi connectivity index (χ4v) is 9.16. The van der Waals surface area contributed by atoms with E-state index in [0.717, 1.165) is 38.9 Å². The van der Waals surface area contributed by atoms with Gasteiger partial charge in [-0.05, 0) is 75.1 Å². The average Bonchev–Trinajstić information content (AvgIpc) is 3.79. The second kappa shape index (κ2) is 12.0. The third kappa shape index (κ3) is 4.41. The summed E-state index contributed by atoms with van der Waals surface area (Å²) in [5.74, 6) is 0.652. The van der Waals surface area contributed by atoms with E-state index in [1.54, 1.807) is 0 Å². The molecular formula is C52H32N4. The van der Waals surface area contributed by atoms with Gasteiger partial charge in [-0.1, -0.05) is 152 Å². The maximum atomic E-state index is 5.41. The molecule has 0 aliphatic rings. The highest BCUT2D eigenvalue weighted by Gasteiger charge is 2.23. The van der Waals surface area contributed by atoms with Crippen molar-refractivity contribution in [1.29, 1.82) is 0 Å². The molecule has 0 bridgehead atoms. The molecule has 3 heterocycles. The largest absolute Gasteiger partial charge is 0.309 e. The Kier molecular flexibility index (Phi) is 6.60. The zero-order valence-electron chi connectivity index (χ0n) is 30.3. The molecule has 0 saturated carbocycles. The first-order chi connectivity index (χ1) is 27.8. The maximum absolute atomic E-state index is 5.41. The molecule has 12 rings (SSSR count). The van der Waals surface area contributed by atoms with Gasteiger partial charge < -0.3 is 4.57 Å². The Morgan fingerprint density at radius 1 is 0.321 bits per heavy atom. The highest BCUT2D eigenvalue weighted by molar-refractivity contribution is 6.28. The van der Waals surface area contributed by atoms with E-state index >= 15 is 0 Å². The van der Waals surface area contributed by atoms with Crippen molar-refractivity contribution in [3.05, 3.63) is 194 Å². The Bertz CT molecular complexity index is 3520. The Hall–Kier alpha value is -7.56. The molecule has 260 valence electrons. The summed E-state index contributed by atoms with van der Waals surface area (Å²) in [5.41, 5.74) is 10.9. The van der Waals surface area contributed by atoms with Gasteiger partial charge in [0.25, 0.3) is 0 Å². The molecule has 9 aromatic carbocycles. The molecule has 0 N–H and O–H groups in total. The smallest absolute Gasteiger partial charge is 0.235 e. The summed E-state index contributed by atoms with van der Waals surface area (Å²) in [6.07, 6.45) is 0. The van der Waals surface area contributed by atoms with Crippen LogP contribution in [0.5, 0.6) is 0 Å². The van der Waals surface area contributed by atoms with E-state index in [4.69, 9.17) is 9.97 Å². The number of hydrogen-bond acceptors (Lipinski definition) is 2. The highest BCUT2D eigenvalue weighted by atomic mass is 15.2. The Labute approximate surface area is 322 Å². The van der Waals surface area contributed by atoms with E-state index in [9.17, 15) is 0 Å². The van der Waals surface area contributed by atoms with Crippen molar-refractivity contribution in [2.24, 2.45) is 0 Å². The van der Waals surface area contributed by atoms with Crippen LogP contribution in [0.1, 0.15) is 0 Å². The van der Waals surface area contributed by atoms with E-state index in [1.807, 2.05) is 6.07 Å². The van der Waals surface area contributed by atoms with Gasteiger partial charge in [-0.2, -0.15) is 0 Å². The van der Waals surface area contributed by atoms with Gasteiger partial charge in [0.15, 0.2) is 0 Å². The summed E-state index contributed by atoms with van der Waals surface area (Å²) in [4.78, 5) is 10.7. The molecule has 0 amide bonds. The molecule has 0 radical (unpaired) electrons. The third-order valence-corrected chi connectivity index (χ3v) is 11.5. The quantitative estimate of drug-likeness (QED) is 0.182. The standard InChI is InChI=1S/C52H32N4/c1-3-17-33(18-4-1)51-39-25-11-14-28-44(39)53-52(54-51)56-46-30-16-13-27-41(46)50-38-24-10-8-22-36(38)43(32-48(50)56)42-31-47-49(37-23-9-7-21-35(37)42)40-26-12-15-29-45(40)55(47)34-19-5-2-6-20-34/h1-32H. The fourth-order valence-electron chi connectivity index (χ4n) is 9.16. The van der Waals surface area contributed by atoms with Crippen molar-refractivity contribution in [2.75, 3.05) is 0 Å². The summed E-state index contributed by atoms with van der Waals surface area (Å²) >= 11 is 0. The van der Waals surface area contributed by atoms with Gasteiger partial charge in [0.2, 0.25) is 5.95 Å². The highest BCUT2D eigenvalue weighted by Crippen LogP contribution is 2.46. The predicted octanol–water partition coefficient (Wildman–Crippen LogP) is 13.5. The summed E-state index contributed by atoms with van der Waals surface area (Å²) < 4.78 is 4.70. The predicted molar refractivity (Wildman–Crippen MR) is 234 cm³/mol. The van der Waals surface area contributed by atoms with E-state index in [1.165, 1.54) is 65.3 Å². The third-order valence-electron chi connectivity index (χ3n) is 11.5. The molecule has 0 spiro atoms. The van der Waals surface area contributed by atoms with Crippen LogP contribution in [0.2, 0.25) is 0 Å². The van der Waals surface area contributed by atoms with Crippen LogP contribution in [-0.2, 0) is 0 Å². The number of aromatic nitrogens is 4. The number of fused-ring (bicyclic) bond motifs is 11. The van der Waals surface area contributed by atoms with Gasteiger partial charge in [0, 0.05) is 38.2 Å². The average molecular weight is 713 g/mol. The second-order valence-electron chi connectivity index (χ2n) is 14.5. The van der Waals surface area contributed by atoms with Gasteiger partial charge in [-0.15, -0.1) is 0 Å². The maximum Gasteiger partial charge on any atom is 0.235 e. The van der Waals surface area contributed by atoms with E-state index in [2.05, 4.69) is 197 Å². The van der Waals surface area contributed by atoms with Crippen LogP contribution in [-0.4, -0.2) is 19.1 Å². The first kappa shape index (κ1) is 30.9. The molecule has 0 fully saturated rings. The van der Waals surface area contributed by atoms with Crippen molar-refractivity contribution < 1.29 is 0 Å². The second-order valence-corrected chi connectivity index (χ2v) is 14.5. The summed E-state index contributed by atoms with van der Waals surface area (Å²) in [6.45, 7) is 0. The van der Waals surface area contributed by atoms with Crippen LogP contribution in [0.25, 0.3) is 110 Å². The number of nitrogens with zero attached hydrogens (tertiary/aromatic N) is 4. The van der Waals surface area contributed by atoms with Crippen molar-refractivity contribution in [3.8, 4) is 34.0 Å². The number of rotatable bonds is 4. The topological polar surface area (TPSA) is 35.6 Å². The first-order valence-electron chi connectivity index (χ1n) is 19.1. The summed E-state index contributed by atoms with van der Waals surface area (Å²) in [6, 6.07) is 69.6. The van der Waals surface area contributed by atoms with Crippen LogP contribution < -0.4 is 0 Å². The molecular weight excluding hydrogens is 681 g/mol. The fraction of sp³-hybridized carbons (Fsp3) is 0. The lowest BCUT2D eigenvalue weighted by Gasteiger charge is -2.16. The minimum atomic E-state index is 0.652. The molecule has 4 nitrogen and oxygen atoms in total. The van der Waals surface area contributed by atoms with Crippen LogP contribution in [0.4, 0.5) is 0 Å². The first-order valence-corrected chi connectivity index (χ1v) is 19.1. The monoisotopic (exact) mass is 712 g/mol. The lowest BCUT2D eigenvalue weighted by molar-refractivity contribution is 1.01. The molecule has 0 atom stereocenters. The lowest BCUT2D eigenvalue weighted by atomic mass is 9.90. The molecule has 3 aromatic heterocycles. The molecule has 12 aromatic rings. The van der Waals surface area contributed by atoms with Gasteiger partial charge in [-0.25, -0.2) is 9.97 Å². The Morgan fingerprint density at radius 3 is 1.38 bits per heavy atom. The normalized spacial score (nSPS) is 11.9. The molecule has 0 aliphatic carbocycles. The number of para-hydroxylation sites is 4. The van der Waals surface area contributed by atoms with Gasteiger partial charge in [0.1, 0.15) is 0 Å². The van der Waals surface area contributed by atoms with Crippen LogP contribution >= 0.6 is 0 Å². The van der Waals surface area contributed by atoms with Gasteiger partial charge in [0.05, 0.1) is 33.3 Å². The van der Waals surface area contributed by atoms with Gasteiger partial charge in [-0.3, -0.25) is 4.57 Å². The number of hydrogen-bond donors (Lipinski definition) is 0. The van der Waals surface area contributed by atoms with Crippen LogP contribution in [0.3, 0.4) is 0 Å². The summed E-state index contributed by atoms with van der Waals surface area (Å²) in [7, 11) is 0. The van der Waals surface area contributed by atoms with Crippen molar-refractivity contribution in [2.45, 2.75) is 0 Å². The van der Waals surface area contributed by atoms with E-state index < -0.39 is 0 Å². The Morgan fingerprint density at radius 2 is 0.768 bits per heavy atom. The molecule has 56 heavy (non-hydrogen) atoms. The molecule has 0 aliphatic heterocycles. The van der Waals surface area contributed by atoms with E-state index in [-0.39, 0.29) is 0 Å². The van der Waals surface area contributed by atoms with E-state index in [0.29, 0.717) is 5.95 Å². The minimum Gasteiger partial charge on any atom is -0.309 e. The van der Waals surface area contributed by atoms with Crippen molar-refractivity contribution >= 4 is 76.1 Å². The van der Waals surface area contributed by atoms with Crippen molar-refractivity contribution in [1.82, 2.24) is 19.1 Å². The molecule has 0 saturated heterocycles. The lowest BCUT2D eigenvalue weighted by Crippen LogP contribution is -2.03. The zero-order chi connectivity index (χ0) is 36.7. The minimum absolute atomic E-state index is 0.652. The zero-order valence-corrected chi connectivity index (χ0v) is 30.3. The van der Waals surface area contributed by atoms with Crippen LogP contribution in [0.15, 0.2) is 194 Å².